The minimum atomic E-state index is 0.762. The van der Waals surface area contributed by atoms with Gasteiger partial charge in [0, 0.05) is 36.9 Å². The van der Waals surface area contributed by atoms with E-state index in [9.17, 15) is 0 Å². The van der Waals surface area contributed by atoms with Crippen LogP contribution in [0.3, 0.4) is 0 Å². The number of hydrogen-bond acceptors (Lipinski definition) is 3. The maximum absolute atomic E-state index is 4.75. The van der Waals surface area contributed by atoms with Gasteiger partial charge in [0.25, 0.3) is 0 Å². The Morgan fingerprint density at radius 1 is 0.783 bits per heavy atom. The third-order valence-corrected chi connectivity index (χ3v) is 4.13. The average molecular weight is 299 g/mol. The molecule has 3 aromatic carbocycles. The lowest BCUT2D eigenvalue weighted by molar-refractivity contribution is 1.13. The summed E-state index contributed by atoms with van der Waals surface area (Å²) >= 11 is 0. The summed E-state index contributed by atoms with van der Waals surface area (Å²) in [5.74, 6) is 0.762. The van der Waals surface area contributed by atoms with Gasteiger partial charge in [-0.25, -0.2) is 9.97 Å². The molecule has 0 aliphatic heterocycles. The molecule has 0 amide bonds. The van der Waals surface area contributed by atoms with Gasteiger partial charge in [0.05, 0.1) is 5.52 Å². The first kappa shape index (κ1) is 13.7. The number of fused-ring (bicyclic) bond motifs is 3. The van der Waals surface area contributed by atoms with Gasteiger partial charge < -0.3 is 4.90 Å². The molecule has 0 bridgehead atoms. The van der Waals surface area contributed by atoms with E-state index in [1.54, 1.807) is 0 Å². The van der Waals surface area contributed by atoms with Crippen LogP contribution in [0.4, 0.5) is 5.69 Å². The summed E-state index contributed by atoms with van der Waals surface area (Å²) in [5, 5.41) is 3.50. The van der Waals surface area contributed by atoms with E-state index in [-0.39, 0.29) is 0 Å². The monoisotopic (exact) mass is 299 g/mol. The van der Waals surface area contributed by atoms with E-state index in [0.29, 0.717) is 0 Å². The fourth-order valence-electron chi connectivity index (χ4n) is 2.83. The fraction of sp³-hybridized carbons (Fsp3) is 0.100. The van der Waals surface area contributed by atoms with Crippen LogP contribution in [0.25, 0.3) is 33.1 Å². The van der Waals surface area contributed by atoms with Crippen LogP contribution in [-0.2, 0) is 0 Å². The Morgan fingerprint density at radius 2 is 1.57 bits per heavy atom. The van der Waals surface area contributed by atoms with Gasteiger partial charge in [0.1, 0.15) is 0 Å². The SMILES string of the molecule is CN(C)c1ccc(-c2ncc3c(ccc4ccccc43)n2)cc1. The number of benzene rings is 3. The van der Waals surface area contributed by atoms with Crippen molar-refractivity contribution in [3.8, 4) is 11.4 Å². The van der Waals surface area contributed by atoms with Crippen molar-refractivity contribution in [2.24, 2.45) is 0 Å². The molecule has 0 fully saturated rings. The van der Waals surface area contributed by atoms with Gasteiger partial charge in [-0.15, -0.1) is 0 Å². The minimum Gasteiger partial charge on any atom is -0.378 e. The summed E-state index contributed by atoms with van der Waals surface area (Å²) in [4.78, 5) is 11.4. The molecule has 0 aliphatic rings. The van der Waals surface area contributed by atoms with E-state index in [4.69, 9.17) is 4.98 Å². The second-order valence-electron chi connectivity index (χ2n) is 5.85. The third kappa shape index (κ3) is 2.40. The summed E-state index contributed by atoms with van der Waals surface area (Å²) in [6.07, 6.45) is 1.93. The van der Waals surface area contributed by atoms with Gasteiger partial charge in [-0.05, 0) is 41.1 Å². The van der Waals surface area contributed by atoms with Crippen molar-refractivity contribution in [3.05, 3.63) is 66.9 Å². The number of hydrogen-bond donors (Lipinski definition) is 0. The molecule has 3 nitrogen and oxygen atoms in total. The Kier molecular flexibility index (Phi) is 3.19. The lowest BCUT2D eigenvalue weighted by Crippen LogP contribution is -2.08. The lowest BCUT2D eigenvalue weighted by atomic mass is 10.1. The maximum Gasteiger partial charge on any atom is 0.159 e. The molecule has 4 aromatic rings. The summed E-state index contributed by atoms with van der Waals surface area (Å²) in [5.41, 5.74) is 3.18. The van der Waals surface area contributed by atoms with Gasteiger partial charge >= 0.3 is 0 Å². The number of aromatic nitrogens is 2. The average Bonchev–Trinajstić information content (AvgIpc) is 2.61. The summed E-state index contributed by atoms with van der Waals surface area (Å²) < 4.78 is 0. The molecule has 0 saturated heterocycles. The summed E-state index contributed by atoms with van der Waals surface area (Å²) in [6, 6.07) is 20.8. The highest BCUT2D eigenvalue weighted by molar-refractivity contribution is 6.05. The highest BCUT2D eigenvalue weighted by atomic mass is 15.1. The van der Waals surface area contributed by atoms with E-state index in [1.807, 2.05) is 20.3 Å². The first-order chi connectivity index (χ1) is 11.2. The predicted molar refractivity (Wildman–Crippen MR) is 96.8 cm³/mol. The van der Waals surface area contributed by atoms with Crippen LogP contribution in [-0.4, -0.2) is 24.1 Å². The van der Waals surface area contributed by atoms with E-state index in [0.717, 1.165) is 22.3 Å². The Morgan fingerprint density at radius 3 is 2.35 bits per heavy atom. The van der Waals surface area contributed by atoms with Crippen molar-refractivity contribution in [1.29, 1.82) is 0 Å². The van der Waals surface area contributed by atoms with E-state index < -0.39 is 0 Å². The van der Waals surface area contributed by atoms with Gasteiger partial charge in [0.15, 0.2) is 5.82 Å². The van der Waals surface area contributed by atoms with Crippen molar-refractivity contribution in [2.75, 3.05) is 19.0 Å². The lowest BCUT2D eigenvalue weighted by Gasteiger charge is -2.12. The van der Waals surface area contributed by atoms with Crippen LogP contribution >= 0.6 is 0 Å². The summed E-state index contributed by atoms with van der Waals surface area (Å²) in [7, 11) is 4.07. The standard InChI is InChI=1S/C20H17N3/c1-23(2)16-10-7-15(8-11-16)20-21-13-18-17-6-4-3-5-14(17)9-12-19(18)22-20/h3-13H,1-2H3. The molecule has 23 heavy (non-hydrogen) atoms. The Hall–Kier alpha value is -2.94. The van der Waals surface area contributed by atoms with Gasteiger partial charge in [0.2, 0.25) is 0 Å². The molecule has 0 aliphatic carbocycles. The van der Waals surface area contributed by atoms with Crippen LogP contribution < -0.4 is 4.90 Å². The smallest absolute Gasteiger partial charge is 0.159 e. The van der Waals surface area contributed by atoms with Gasteiger partial charge in [-0.2, -0.15) is 0 Å². The van der Waals surface area contributed by atoms with E-state index >= 15 is 0 Å². The molecule has 0 radical (unpaired) electrons. The minimum absolute atomic E-state index is 0.762. The number of anilines is 1. The molecule has 0 unspecified atom stereocenters. The van der Waals surface area contributed by atoms with E-state index in [2.05, 4.69) is 70.5 Å². The van der Waals surface area contributed by atoms with Crippen molar-refractivity contribution in [2.45, 2.75) is 0 Å². The zero-order valence-electron chi connectivity index (χ0n) is 13.2. The molecule has 0 atom stereocenters. The molecular formula is C20H17N3. The second-order valence-corrected chi connectivity index (χ2v) is 5.85. The van der Waals surface area contributed by atoms with Crippen molar-refractivity contribution >= 4 is 27.4 Å². The molecule has 1 aromatic heterocycles. The highest BCUT2D eigenvalue weighted by Gasteiger charge is 2.06. The summed E-state index contributed by atoms with van der Waals surface area (Å²) in [6.45, 7) is 0. The van der Waals surface area contributed by atoms with Crippen molar-refractivity contribution in [3.63, 3.8) is 0 Å². The van der Waals surface area contributed by atoms with Gasteiger partial charge in [-0.1, -0.05) is 30.3 Å². The van der Waals surface area contributed by atoms with Crippen molar-refractivity contribution in [1.82, 2.24) is 9.97 Å². The van der Waals surface area contributed by atoms with Crippen LogP contribution in [0.15, 0.2) is 66.9 Å². The Balaban J connectivity index is 1.84. The van der Waals surface area contributed by atoms with Gasteiger partial charge in [-0.3, -0.25) is 0 Å². The second kappa shape index (κ2) is 5.36. The van der Waals surface area contributed by atoms with Crippen molar-refractivity contribution < 1.29 is 0 Å². The first-order valence-corrected chi connectivity index (χ1v) is 7.65. The van der Waals surface area contributed by atoms with Crippen LogP contribution in [0, 0.1) is 0 Å². The van der Waals surface area contributed by atoms with Crippen LogP contribution in [0.1, 0.15) is 0 Å². The number of rotatable bonds is 2. The van der Waals surface area contributed by atoms with Crippen LogP contribution in [0.2, 0.25) is 0 Å². The maximum atomic E-state index is 4.75. The quantitative estimate of drug-likeness (QED) is 0.510. The van der Waals surface area contributed by atoms with Crippen LogP contribution in [0.5, 0.6) is 0 Å². The predicted octanol–water partition coefficient (Wildman–Crippen LogP) is 4.52. The molecule has 0 spiro atoms. The normalized spacial score (nSPS) is 11.0. The molecule has 1 heterocycles. The number of nitrogens with zero attached hydrogens (tertiary/aromatic N) is 3. The largest absolute Gasteiger partial charge is 0.378 e. The highest BCUT2D eigenvalue weighted by Crippen LogP contribution is 2.26. The molecule has 0 N–H and O–H groups in total. The molecule has 112 valence electrons. The zero-order valence-corrected chi connectivity index (χ0v) is 13.2. The van der Waals surface area contributed by atoms with E-state index in [1.165, 1.54) is 16.5 Å². The molecule has 0 saturated carbocycles. The molecular weight excluding hydrogens is 282 g/mol. The topological polar surface area (TPSA) is 29.0 Å². The Bertz CT molecular complexity index is 988. The zero-order chi connectivity index (χ0) is 15.8. The molecule has 4 rings (SSSR count). The fourth-order valence-corrected chi connectivity index (χ4v) is 2.83. The third-order valence-electron chi connectivity index (χ3n) is 4.13. The Labute approximate surface area is 135 Å². The molecule has 3 heteroatoms. The first-order valence-electron chi connectivity index (χ1n) is 7.65.